The van der Waals surface area contributed by atoms with Crippen LogP contribution >= 0.6 is 43.5 Å². The van der Waals surface area contributed by atoms with Crippen LogP contribution in [-0.4, -0.2) is 0 Å². The van der Waals surface area contributed by atoms with Crippen molar-refractivity contribution in [3.63, 3.8) is 0 Å². The zero-order valence-corrected chi connectivity index (χ0v) is 14.2. The van der Waals surface area contributed by atoms with Gasteiger partial charge in [-0.1, -0.05) is 61.7 Å². The topological polar surface area (TPSA) is 0 Å². The highest BCUT2D eigenvalue weighted by Gasteiger charge is 2.16. The molecule has 0 nitrogen and oxygen atoms in total. The molecule has 1 aliphatic rings. The zero-order chi connectivity index (χ0) is 13.4. The van der Waals surface area contributed by atoms with Gasteiger partial charge in [0.15, 0.2) is 0 Å². The van der Waals surface area contributed by atoms with Gasteiger partial charge in [0.2, 0.25) is 0 Å². The highest BCUT2D eigenvalue weighted by molar-refractivity contribution is 9.10. The number of hydrogen-bond acceptors (Lipinski definition) is 0. The van der Waals surface area contributed by atoms with Gasteiger partial charge in [-0.2, -0.15) is 0 Å². The average Bonchev–Trinajstić information content (AvgIpc) is 2.83. The number of hydrogen-bond donors (Lipinski definition) is 0. The van der Waals surface area contributed by atoms with Gasteiger partial charge in [-0.3, -0.25) is 0 Å². The van der Waals surface area contributed by atoms with Gasteiger partial charge in [0.05, 0.1) is 4.83 Å². The van der Waals surface area contributed by atoms with Crippen LogP contribution in [0.3, 0.4) is 0 Å². The van der Waals surface area contributed by atoms with Crippen LogP contribution in [0.4, 0.5) is 0 Å². The van der Waals surface area contributed by atoms with Crippen LogP contribution < -0.4 is 0 Å². The van der Waals surface area contributed by atoms with E-state index in [1.54, 1.807) is 0 Å². The third-order valence-corrected chi connectivity index (χ3v) is 5.33. The van der Waals surface area contributed by atoms with E-state index in [1.165, 1.54) is 41.5 Å². The van der Waals surface area contributed by atoms with Gasteiger partial charge in [0, 0.05) is 9.50 Å². The minimum atomic E-state index is 0.188. The second-order valence-electron chi connectivity index (χ2n) is 4.95. The summed E-state index contributed by atoms with van der Waals surface area (Å²) in [5, 5.41) is 0.759. The normalized spacial score (nSPS) is 15.3. The van der Waals surface area contributed by atoms with Crippen molar-refractivity contribution in [3.05, 3.63) is 68.1 Å². The SMILES string of the molecule is Clc1cc(Br)cc(C(Br)c2ccc3c(c2)CCC3)c1. The Labute approximate surface area is 135 Å². The monoisotopic (exact) mass is 398 g/mol. The van der Waals surface area contributed by atoms with E-state index in [2.05, 4.69) is 56.1 Å². The molecule has 2 aromatic carbocycles. The Kier molecular flexibility index (Phi) is 4.02. The molecule has 0 fully saturated rings. The Morgan fingerprint density at radius 2 is 1.74 bits per heavy atom. The van der Waals surface area contributed by atoms with Crippen molar-refractivity contribution in [1.29, 1.82) is 0 Å². The standard InChI is InChI=1S/C16H13Br2Cl/c17-14-7-13(8-15(19)9-14)16(18)12-5-4-10-2-1-3-11(10)6-12/h4-9,16H,1-3H2. The van der Waals surface area contributed by atoms with Gasteiger partial charge >= 0.3 is 0 Å². The summed E-state index contributed by atoms with van der Waals surface area (Å²) >= 11 is 13.4. The molecule has 0 aliphatic heterocycles. The first-order valence-corrected chi connectivity index (χ1v) is 8.44. The van der Waals surface area contributed by atoms with Crippen molar-refractivity contribution in [3.8, 4) is 0 Å². The van der Waals surface area contributed by atoms with Crippen molar-refractivity contribution in [2.45, 2.75) is 24.1 Å². The molecule has 0 saturated carbocycles. The minimum Gasteiger partial charge on any atom is -0.0843 e. The van der Waals surface area contributed by atoms with Crippen molar-refractivity contribution >= 4 is 43.5 Å². The highest BCUT2D eigenvalue weighted by Crippen LogP contribution is 2.36. The summed E-state index contributed by atoms with van der Waals surface area (Å²) in [6.45, 7) is 0. The number of halogens is 3. The summed E-state index contributed by atoms with van der Waals surface area (Å²) in [6.07, 6.45) is 3.72. The molecule has 0 N–H and O–H groups in total. The maximum atomic E-state index is 6.12. The lowest BCUT2D eigenvalue weighted by molar-refractivity contribution is 0.911. The van der Waals surface area contributed by atoms with Crippen molar-refractivity contribution in [2.75, 3.05) is 0 Å². The fourth-order valence-electron chi connectivity index (χ4n) is 2.66. The van der Waals surface area contributed by atoms with Crippen LogP contribution in [-0.2, 0) is 12.8 Å². The maximum absolute atomic E-state index is 6.12. The van der Waals surface area contributed by atoms with Gasteiger partial charge in [0.1, 0.15) is 0 Å². The van der Waals surface area contributed by atoms with E-state index in [0.717, 1.165) is 9.50 Å². The number of benzene rings is 2. The molecule has 3 heteroatoms. The molecule has 0 radical (unpaired) electrons. The minimum absolute atomic E-state index is 0.188. The van der Waals surface area contributed by atoms with Gasteiger partial charge in [-0.15, -0.1) is 0 Å². The molecule has 98 valence electrons. The predicted octanol–water partition coefficient (Wildman–Crippen LogP) is 6.08. The molecular weight excluding hydrogens is 387 g/mol. The van der Waals surface area contributed by atoms with Crippen LogP contribution in [0.25, 0.3) is 0 Å². The van der Waals surface area contributed by atoms with E-state index in [9.17, 15) is 0 Å². The number of aryl methyl sites for hydroxylation is 2. The molecule has 0 heterocycles. The largest absolute Gasteiger partial charge is 0.0843 e. The molecular formula is C16H13Br2Cl. The molecule has 0 aromatic heterocycles. The molecule has 0 amide bonds. The molecule has 19 heavy (non-hydrogen) atoms. The summed E-state index contributed by atoms with van der Waals surface area (Å²) in [5.41, 5.74) is 5.49. The van der Waals surface area contributed by atoms with Crippen molar-refractivity contribution in [2.24, 2.45) is 0 Å². The van der Waals surface area contributed by atoms with Crippen LogP contribution in [0.15, 0.2) is 40.9 Å². The Balaban J connectivity index is 1.97. The molecule has 3 rings (SSSR count). The Morgan fingerprint density at radius 3 is 2.53 bits per heavy atom. The molecule has 1 unspecified atom stereocenters. The van der Waals surface area contributed by atoms with Crippen LogP contribution in [0.5, 0.6) is 0 Å². The van der Waals surface area contributed by atoms with E-state index in [0.29, 0.717) is 0 Å². The van der Waals surface area contributed by atoms with Gasteiger partial charge in [-0.05, 0) is 59.7 Å². The first-order valence-electron chi connectivity index (χ1n) is 6.35. The Morgan fingerprint density at radius 1 is 0.947 bits per heavy atom. The van der Waals surface area contributed by atoms with Crippen LogP contribution in [0, 0.1) is 0 Å². The average molecular weight is 401 g/mol. The van der Waals surface area contributed by atoms with E-state index in [-0.39, 0.29) is 4.83 Å². The molecule has 2 aromatic rings. The molecule has 0 bridgehead atoms. The van der Waals surface area contributed by atoms with E-state index >= 15 is 0 Å². The Bertz CT molecular complexity index is 602. The second-order valence-corrected chi connectivity index (χ2v) is 7.21. The van der Waals surface area contributed by atoms with Crippen LogP contribution in [0.1, 0.15) is 33.5 Å². The van der Waals surface area contributed by atoms with Gasteiger partial charge in [-0.25, -0.2) is 0 Å². The maximum Gasteiger partial charge on any atom is 0.0645 e. The van der Waals surface area contributed by atoms with E-state index < -0.39 is 0 Å². The third-order valence-electron chi connectivity index (χ3n) is 3.59. The quantitative estimate of drug-likeness (QED) is 0.536. The summed E-state index contributed by atoms with van der Waals surface area (Å²) < 4.78 is 1.01. The number of rotatable bonds is 2. The van der Waals surface area contributed by atoms with Crippen molar-refractivity contribution < 1.29 is 0 Å². The van der Waals surface area contributed by atoms with E-state index in [1.807, 2.05) is 12.1 Å². The first kappa shape index (κ1) is 13.7. The molecule has 0 saturated heterocycles. The fraction of sp³-hybridized carbons (Fsp3) is 0.250. The van der Waals surface area contributed by atoms with Gasteiger partial charge in [0.25, 0.3) is 0 Å². The lowest BCUT2D eigenvalue weighted by Gasteiger charge is -2.13. The number of fused-ring (bicyclic) bond motifs is 1. The number of alkyl halides is 1. The summed E-state index contributed by atoms with van der Waals surface area (Å²) in [7, 11) is 0. The van der Waals surface area contributed by atoms with Crippen molar-refractivity contribution in [1.82, 2.24) is 0 Å². The fourth-order valence-corrected chi connectivity index (χ4v) is 4.10. The third kappa shape index (κ3) is 2.91. The molecule has 1 aliphatic carbocycles. The van der Waals surface area contributed by atoms with Crippen LogP contribution in [0.2, 0.25) is 5.02 Å². The summed E-state index contributed by atoms with van der Waals surface area (Å²) in [4.78, 5) is 0.188. The molecule has 0 spiro atoms. The first-order chi connectivity index (χ1) is 9.13. The predicted molar refractivity (Wildman–Crippen MR) is 88.4 cm³/mol. The Hall–Kier alpha value is -0.310. The second kappa shape index (κ2) is 5.59. The lowest BCUT2D eigenvalue weighted by atomic mass is 10.0. The summed E-state index contributed by atoms with van der Waals surface area (Å²) in [5.74, 6) is 0. The lowest BCUT2D eigenvalue weighted by Crippen LogP contribution is -1.95. The highest BCUT2D eigenvalue weighted by atomic mass is 79.9. The van der Waals surface area contributed by atoms with E-state index in [4.69, 9.17) is 11.6 Å². The smallest absolute Gasteiger partial charge is 0.0645 e. The molecule has 1 atom stereocenters. The van der Waals surface area contributed by atoms with Gasteiger partial charge < -0.3 is 0 Å². The summed E-state index contributed by atoms with van der Waals surface area (Å²) in [6, 6.07) is 12.9. The zero-order valence-electron chi connectivity index (χ0n) is 10.3.